The molecule has 0 radical (unpaired) electrons. The minimum Gasteiger partial charge on any atom is -0.493 e. The van der Waals surface area contributed by atoms with Gasteiger partial charge in [0, 0.05) is 43.7 Å². The van der Waals surface area contributed by atoms with Gasteiger partial charge in [0.05, 0.1) is 19.2 Å². The SMILES string of the molecule is COc1cc2c(N[C@H]3CCCNC3)nc(N3CCCC3)nc2cc1OCCCN1CCCCC1.O=C(O)C(F)(F)F. The highest BCUT2D eigenvalue weighted by molar-refractivity contribution is 5.93. The third-order valence-electron chi connectivity index (χ3n) is 7.56. The maximum absolute atomic E-state index is 10.6. The van der Waals surface area contributed by atoms with E-state index < -0.39 is 12.1 Å². The number of aliphatic carboxylic acids is 1. The third-order valence-corrected chi connectivity index (χ3v) is 7.56. The van der Waals surface area contributed by atoms with Crippen LogP contribution in [-0.2, 0) is 4.79 Å². The van der Waals surface area contributed by atoms with Crippen LogP contribution < -0.4 is 25.0 Å². The molecule has 3 aliphatic rings. The van der Waals surface area contributed by atoms with Gasteiger partial charge in [-0.1, -0.05) is 6.42 Å². The second kappa shape index (κ2) is 14.7. The molecule has 1 atom stereocenters. The molecule has 0 spiro atoms. The Bertz CT molecular complexity index is 1130. The molecule has 0 bridgehead atoms. The van der Waals surface area contributed by atoms with E-state index in [1.807, 2.05) is 12.1 Å². The lowest BCUT2D eigenvalue weighted by atomic mass is 10.1. The molecule has 0 aliphatic carbocycles. The number of piperidine rings is 2. The number of benzene rings is 1. The van der Waals surface area contributed by atoms with E-state index in [2.05, 4.69) is 20.4 Å². The molecule has 3 N–H and O–H groups in total. The minimum absolute atomic E-state index is 0.370. The number of aromatic nitrogens is 2. The van der Waals surface area contributed by atoms with Crippen molar-refractivity contribution in [2.45, 2.75) is 63.6 Å². The Morgan fingerprint density at radius 1 is 1.07 bits per heavy atom. The van der Waals surface area contributed by atoms with E-state index in [0.717, 1.165) is 79.7 Å². The van der Waals surface area contributed by atoms with Crippen LogP contribution in [0, 0.1) is 0 Å². The topological polar surface area (TPSA) is 112 Å². The van der Waals surface area contributed by atoms with Gasteiger partial charge in [0.15, 0.2) is 11.5 Å². The Kier molecular flexibility index (Phi) is 11.1. The molecule has 10 nitrogen and oxygen atoms in total. The first kappa shape index (κ1) is 30.9. The quantitative estimate of drug-likeness (QED) is 0.370. The highest BCUT2D eigenvalue weighted by Gasteiger charge is 2.38. The van der Waals surface area contributed by atoms with Crippen molar-refractivity contribution in [1.29, 1.82) is 0 Å². The van der Waals surface area contributed by atoms with Gasteiger partial charge < -0.3 is 35.0 Å². The van der Waals surface area contributed by atoms with Crippen LogP contribution in [0.4, 0.5) is 24.9 Å². The molecule has 5 rings (SSSR count). The first-order chi connectivity index (χ1) is 19.7. The van der Waals surface area contributed by atoms with Gasteiger partial charge in [-0.15, -0.1) is 0 Å². The lowest BCUT2D eigenvalue weighted by Crippen LogP contribution is -2.38. The van der Waals surface area contributed by atoms with Crippen LogP contribution >= 0.6 is 0 Å². The third kappa shape index (κ3) is 8.96. The zero-order chi connectivity index (χ0) is 29.2. The van der Waals surface area contributed by atoms with Crippen molar-refractivity contribution in [1.82, 2.24) is 20.2 Å². The molecular formula is C28H41F3N6O4. The van der Waals surface area contributed by atoms with Gasteiger partial charge in [-0.25, -0.2) is 9.78 Å². The van der Waals surface area contributed by atoms with Crippen molar-refractivity contribution in [3.05, 3.63) is 12.1 Å². The van der Waals surface area contributed by atoms with Crippen molar-refractivity contribution in [3.63, 3.8) is 0 Å². The number of fused-ring (bicyclic) bond motifs is 1. The zero-order valence-electron chi connectivity index (χ0n) is 23.6. The van der Waals surface area contributed by atoms with E-state index >= 15 is 0 Å². The van der Waals surface area contributed by atoms with Crippen molar-refractivity contribution in [2.75, 3.05) is 69.7 Å². The summed E-state index contributed by atoms with van der Waals surface area (Å²) in [6.07, 6.45) is 4.68. The van der Waals surface area contributed by atoms with E-state index in [1.54, 1.807) is 7.11 Å². The number of nitrogens with zero attached hydrogens (tertiary/aromatic N) is 4. The molecule has 3 saturated heterocycles. The summed E-state index contributed by atoms with van der Waals surface area (Å²) in [5, 5.41) is 15.3. The monoisotopic (exact) mass is 582 g/mol. The minimum atomic E-state index is -5.08. The maximum atomic E-state index is 10.6. The average Bonchev–Trinajstić information content (AvgIpc) is 3.51. The summed E-state index contributed by atoms with van der Waals surface area (Å²) in [5.41, 5.74) is 0.912. The summed E-state index contributed by atoms with van der Waals surface area (Å²) >= 11 is 0. The van der Waals surface area contributed by atoms with E-state index in [4.69, 9.17) is 29.3 Å². The van der Waals surface area contributed by atoms with Crippen LogP contribution in [-0.4, -0.2) is 97.7 Å². The molecule has 41 heavy (non-hydrogen) atoms. The van der Waals surface area contributed by atoms with Crippen LogP contribution in [0.1, 0.15) is 51.4 Å². The Balaban J connectivity index is 0.000000493. The summed E-state index contributed by atoms with van der Waals surface area (Å²) < 4.78 is 43.7. The molecular weight excluding hydrogens is 541 g/mol. The van der Waals surface area contributed by atoms with Crippen LogP contribution in [0.5, 0.6) is 11.5 Å². The number of hydrogen-bond donors (Lipinski definition) is 3. The van der Waals surface area contributed by atoms with E-state index in [0.29, 0.717) is 12.6 Å². The number of carbonyl (C=O) groups is 1. The van der Waals surface area contributed by atoms with Gasteiger partial charge >= 0.3 is 12.1 Å². The van der Waals surface area contributed by atoms with Crippen LogP contribution in [0.3, 0.4) is 0 Å². The number of ether oxygens (including phenoxy) is 2. The highest BCUT2D eigenvalue weighted by atomic mass is 19.4. The number of carboxylic acids is 1. The standard InChI is InChI=1S/C26H40N6O2.C2HF3O2/c1-33-23-17-21-22(18-24(23)34-16-8-13-31-11-3-2-4-12-31)29-26(32-14-5-6-15-32)30-25(21)28-20-9-7-10-27-19-20;3-2(4,5)1(6)7/h17-18,20,27H,2-16,19H2,1H3,(H,28,29,30);(H,6,7)/t20-;/m0./s1. The molecule has 4 heterocycles. The van der Waals surface area contributed by atoms with Crippen molar-refractivity contribution in [3.8, 4) is 11.5 Å². The Morgan fingerprint density at radius 2 is 1.78 bits per heavy atom. The lowest BCUT2D eigenvalue weighted by molar-refractivity contribution is -0.192. The average molecular weight is 583 g/mol. The molecule has 3 fully saturated rings. The summed E-state index contributed by atoms with van der Waals surface area (Å²) in [7, 11) is 1.71. The molecule has 1 aromatic carbocycles. The number of anilines is 2. The number of rotatable bonds is 9. The predicted octanol–water partition coefficient (Wildman–Crippen LogP) is 4.29. The van der Waals surface area contributed by atoms with Gasteiger partial charge in [0.2, 0.25) is 5.95 Å². The summed E-state index contributed by atoms with van der Waals surface area (Å²) in [6.45, 7) is 8.32. The van der Waals surface area contributed by atoms with Gasteiger partial charge in [-0.2, -0.15) is 18.2 Å². The maximum Gasteiger partial charge on any atom is 0.490 e. The smallest absolute Gasteiger partial charge is 0.490 e. The molecule has 2 aromatic rings. The van der Waals surface area contributed by atoms with E-state index in [-0.39, 0.29) is 0 Å². The predicted molar refractivity (Wildman–Crippen MR) is 151 cm³/mol. The summed E-state index contributed by atoms with van der Waals surface area (Å²) in [6, 6.07) is 4.46. The number of methoxy groups -OCH3 is 1. The first-order valence-corrected chi connectivity index (χ1v) is 14.5. The van der Waals surface area contributed by atoms with Crippen molar-refractivity contribution < 1.29 is 32.5 Å². The molecule has 228 valence electrons. The molecule has 0 saturated carbocycles. The van der Waals surface area contributed by atoms with Gasteiger partial charge in [0.25, 0.3) is 0 Å². The molecule has 0 amide bonds. The number of hydrogen-bond acceptors (Lipinski definition) is 9. The number of halogens is 3. The fraction of sp³-hybridized carbons (Fsp3) is 0.679. The number of likely N-dealkylation sites (tertiary alicyclic amines) is 1. The fourth-order valence-corrected chi connectivity index (χ4v) is 5.39. The van der Waals surface area contributed by atoms with Crippen molar-refractivity contribution >= 4 is 28.6 Å². The van der Waals surface area contributed by atoms with Crippen LogP contribution in [0.2, 0.25) is 0 Å². The second-order valence-corrected chi connectivity index (χ2v) is 10.7. The second-order valence-electron chi connectivity index (χ2n) is 10.7. The molecule has 3 aliphatic heterocycles. The van der Waals surface area contributed by atoms with Gasteiger partial charge in [-0.05, 0) is 70.6 Å². The Morgan fingerprint density at radius 3 is 2.41 bits per heavy atom. The van der Waals surface area contributed by atoms with Gasteiger partial charge in [0.1, 0.15) is 5.82 Å². The number of alkyl halides is 3. The van der Waals surface area contributed by atoms with Gasteiger partial charge in [-0.3, -0.25) is 0 Å². The lowest BCUT2D eigenvalue weighted by Gasteiger charge is -2.26. The molecule has 0 unspecified atom stereocenters. The first-order valence-electron chi connectivity index (χ1n) is 14.5. The zero-order valence-corrected chi connectivity index (χ0v) is 23.6. The summed E-state index contributed by atoms with van der Waals surface area (Å²) in [5.74, 6) is 0.471. The van der Waals surface area contributed by atoms with E-state index in [9.17, 15) is 13.2 Å². The van der Waals surface area contributed by atoms with E-state index in [1.165, 1.54) is 51.6 Å². The van der Waals surface area contributed by atoms with Crippen LogP contribution in [0.15, 0.2) is 12.1 Å². The largest absolute Gasteiger partial charge is 0.493 e. The molecule has 1 aromatic heterocycles. The Hall–Kier alpha value is -3.06. The fourth-order valence-electron chi connectivity index (χ4n) is 5.39. The number of carboxylic acid groups (broad SMARTS) is 1. The highest BCUT2D eigenvalue weighted by Crippen LogP contribution is 2.36. The Labute approximate surface area is 238 Å². The number of nitrogens with one attached hydrogen (secondary N) is 2. The normalized spacial score (nSPS) is 19.9. The molecule has 13 heteroatoms. The summed E-state index contributed by atoms with van der Waals surface area (Å²) in [4.78, 5) is 23.7. The van der Waals surface area contributed by atoms with Crippen LogP contribution in [0.25, 0.3) is 10.9 Å². The van der Waals surface area contributed by atoms with Crippen molar-refractivity contribution in [2.24, 2.45) is 0 Å².